The van der Waals surface area contributed by atoms with Crippen molar-refractivity contribution in [2.24, 2.45) is 0 Å². The van der Waals surface area contributed by atoms with Gasteiger partial charge in [-0.25, -0.2) is 4.79 Å². The normalized spacial score (nSPS) is 14.9. The zero-order chi connectivity index (χ0) is 36.5. The van der Waals surface area contributed by atoms with Crippen molar-refractivity contribution >= 4 is 33.7 Å². The zero-order valence-corrected chi connectivity index (χ0v) is 29.4. The number of alkyl carbamates (subject to hydrolysis) is 1. The highest BCUT2D eigenvalue weighted by atomic mass is 32.2. The zero-order valence-electron chi connectivity index (χ0n) is 28.6. The number of hydrogen-bond acceptors (Lipinski definition) is 9. The third-order valence-electron chi connectivity index (χ3n) is 8.47. The Morgan fingerprint density at radius 3 is 2.18 bits per heavy atom. The molecule has 4 aromatic rings. The molecule has 0 radical (unpaired) electrons. The highest BCUT2D eigenvalue weighted by Crippen LogP contribution is 2.22. The van der Waals surface area contributed by atoms with Crippen LogP contribution in [0.3, 0.4) is 0 Å². The fourth-order valence-electron chi connectivity index (χ4n) is 5.64. The first-order chi connectivity index (χ1) is 24.4. The van der Waals surface area contributed by atoms with Crippen molar-refractivity contribution < 1.29 is 31.7 Å². The predicted molar refractivity (Wildman–Crippen MR) is 191 cm³/mol. The molecule has 1 heterocycles. The van der Waals surface area contributed by atoms with Gasteiger partial charge in [0, 0.05) is 57.4 Å². The quantitative estimate of drug-likeness (QED) is 0.221. The van der Waals surface area contributed by atoms with Gasteiger partial charge in [-0.15, -0.1) is 0 Å². The molecule has 1 aliphatic heterocycles. The van der Waals surface area contributed by atoms with E-state index in [1.54, 1.807) is 34.1 Å². The van der Waals surface area contributed by atoms with E-state index in [0.717, 1.165) is 11.3 Å². The van der Waals surface area contributed by atoms with Gasteiger partial charge in [-0.1, -0.05) is 42.5 Å². The number of piperazine rings is 1. The van der Waals surface area contributed by atoms with Crippen LogP contribution < -0.4 is 14.4 Å². The van der Waals surface area contributed by atoms with Crippen LogP contribution in [0.2, 0.25) is 0 Å². The lowest BCUT2D eigenvalue weighted by Crippen LogP contribution is -2.59. The summed E-state index contributed by atoms with van der Waals surface area (Å²) < 4.78 is 36.3. The Bertz CT molecular complexity index is 1980. The molecule has 0 aromatic heterocycles. The minimum Gasteiger partial charge on any atom is -0.445 e. The number of carbonyl (C=O) groups excluding carboxylic acids is 3. The number of amides is 3. The Morgan fingerprint density at radius 2 is 1.57 bits per heavy atom. The average molecular weight is 710 g/mol. The second kappa shape index (κ2) is 16.2. The van der Waals surface area contributed by atoms with E-state index in [1.807, 2.05) is 74.5 Å². The van der Waals surface area contributed by atoms with Crippen LogP contribution in [-0.4, -0.2) is 81.9 Å². The van der Waals surface area contributed by atoms with Gasteiger partial charge in [0.15, 0.2) is 0 Å². The van der Waals surface area contributed by atoms with Crippen LogP contribution in [0.25, 0.3) is 0 Å². The number of nitrogens with one attached hydrogen (secondary N) is 1. The molecule has 0 saturated carbocycles. The third kappa shape index (κ3) is 9.43. The number of carbonyl (C=O) groups is 3. The molecule has 3 amide bonds. The van der Waals surface area contributed by atoms with E-state index in [4.69, 9.17) is 14.2 Å². The maximum Gasteiger partial charge on any atom is 0.408 e. The monoisotopic (exact) mass is 709 g/mol. The first-order valence-corrected chi connectivity index (χ1v) is 17.7. The molecule has 264 valence electrons. The Hall–Kier alpha value is -5.87. The van der Waals surface area contributed by atoms with Crippen LogP contribution in [-0.2, 0) is 32.7 Å². The first kappa shape index (κ1) is 36.4. The Morgan fingerprint density at radius 1 is 0.902 bits per heavy atom. The minimum atomic E-state index is -4.16. The van der Waals surface area contributed by atoms with Gasteiger partial charge in [0.2, 0.25) is 5.91 Å². The van der Waals surface area contributed by atoms with Gasteiger partial charge in [0.05, 0.1) is 11.6 Å². The summed E-state index contributed by atoms with van der Waals surface area (Å²) in [4.78, 5) is 45.5. The van der Waals surface area contributed by atoms with E-state index in [9.17, 15) is 22.8 Å². The summed E-state index contributed by atoms with van der Waals surface area (Å²) in [6.07, 6.45) is -0.693. The maximum absolute atomic E-state index is 14.0. The van der Waals surface area contributed by atoms with E-state index in [-0.39, 0.29) is 54.6 Å². The van der Waals surface area contributed by atoms with Gasteiger partial charge in [0.1, 0.15) is 23.3 Å². The van der Waals surface area contributed by atoms with Gasteiger partial charge in [-0.05, 0) is 78.7 Å². The smallest absolute Gasteiger partial charge is 0.408 e. The third-order valence-corrected chi connectivity index (χ3v) is 9.74. The molecular weight excluding hydrogens is 671 g/mol. The van der Waals surface area contributed by atoms with Gasteiger partial charge in [-0.2, -0.15) is 13.7 Å². The number of anilines is 1. The second-order valence-corrected chi connectivity index (χ2v) is 13.9. The van der Waals surface area contributed by atoms with Crippen LogP contribution in [0.15, 0.2) is 108 Å². The first-order valence-electron chi connectivity index (χ1n) is 16.3. The molecule has 1 aliphatic rings. The topological polar surface area (TPSA) is 149 Å². The van der Waals surface area contributed by atoms with Crippen molar-refractivity contribution in [2.45, 2.75) is 36.9 Å². The Labute approximate surface area is 297 Å². The largest absolute Gasteiger partial charge is 0.445 e. The molecule has 0 spiro atoms. The Kier molecular flexibility index (Phi) is 11.6. The molecule has 1 fully saturated rings. The average Bonchev–Trinajstić information content (AvgIpc) is 3.14. The summed E-state index contributed by atoms with van der Waals surface area (Å²) >= 11 is 0. The van der Waals surface area contributed by atoms with Crippen molar-refractivity contribution in [2.75, 3.05) is 38.6 Å². The molecule has 13 heteroatoms. The Balaban J connectivity index is 1.27. The van der Waals surface area contributed by atoms with Crippen molar-refractivity contribution in [3.8, 4) is 11.8 Å². The number of nitriles is 1. The fraction of sp³-hybridized carbons (Fsp3) is 0.263. The van der Waals surface area contributed by atoms with Gasteiger partial charge in [0.25, 0.3) is 5.91 Å². The van der Waals surface area contributed by atoms with Gasteiger partial charge in [-0.3, -0.25) is 9.59 Å². The van der Waals surface area contributed by atoms with Gasteiger partial charge < -0.3 is 28.9 Å². The summed E-state index contributed by atoms with van der Waals surface area (Å²) in [5.74, 6) is -0.417. The summed E-state index contributed by atoms with van der Waals surface area (Å²) in [5, 5.41) is 11.7. The molecule has 0 unspecified atom stereocenters. The van der Waals surface area contributed by atoms with Crippen LogP contribution in [0.5, 0.6) is 5.75 Å². The lowest BCUT2D eigenvalue weighted by molar-refractivity contribution is -0.135. The van der Waals surface area contributed by atoms with Crippen LogP contribution in [0.4, 0.5) is 10.5 Å². The van der Waals surface area contributed by atoms with Crippen LogP contribution in [0, 0.1) is 11.3 Å². The number of rotatable bonds is 11. The predicted octanol–water partition coefficient (Wildman–Crippen LogP) is 4.60. The van der Waals surface area contributed by atoms with E-state index in [1.165, 1.54) is 36.4 Å². The molecule has 5 rings (SSSR count). The fourth-order valence-corrected chi connectivity index (χ4v) is 6.57. The molecule has 2 atom stereocenters. The van der Waals surface area contributed by atoms with Crippen molar-refractivity contribution in [1.82, 2.24) is 15.1 Å². The minimum absolute atomic E-state index is 0.0146. The molecule has 4 aromatic carbocycles. The van der Waals surface area contributed by atoms with E-state index in [2.05, 4.69) is 5.32 Å². The molecule has 0 aliphatic carbocycles. The molecular formula is C38H39N5O7S. The molecule has 12 nitrogen and oxygen atoms in total. The van der Waals surface area contributed by atoms with Gasteiger partial charge >= 0.3 is 16.2 Å². The standard InChI is InChI=1S/C38H39N5O7S/c1-27-25-42(21-22-43(27)36(44)31-13-15-32(16-14-31)41(2)3)37(45)35(40-38(46)49-26-30-7-5-4-6-8-30)23-28-9-17-33(18-10-28)50-51(47,48)34-19-11-29(24-39)12-20-34/h4-20,27,35H,21-23,25-26H2,1-3H3,(H,40,46)/t27-,35-/m0/s1. The summed E-state index contributed by atoms with van der Waals surface area (Å²) in [6.45, 7) is 2.74. The summed E-state index contributed by atoms with van der Waals surface area (Å²) in [7, 11) is -0.304. The second-order valence-electron chi connectivity index (χ2n) is 12.4. The number of ether oxygens (including phenoxy) is 1. The van der Waals surface area contributed by atoms with Crippen molar-refractivity contribution in [1.29, 1.82) is 5.26 Å². The SMILES string of the molecule is C[C@H]1CN(C(=O)[C@H](Cc2ccc(OS(=O)(=O)c3ccc(C#N)cc3)cc2)NC(=O)OCc2ccccc2)CCN1C(=O)c1ccc(N(C)C)cc1. The van der Waals surface area contributed by atoms with E-state index in [0.29, 0.717) is 23.2 Å². The molecule has 1 saturated heterocycles. The molecule has 51 heavy (non-hydrogen) atoms. The number of nitrogens with zero attached hydrogens (tertiary/aromatic N) is 4. The summed E-state index contributed by atoms with van der Waals surface area (Å²) in [6, 6.07) is 28.6. The maximum atomic E-state index is 14.0. The van der Waals surface area contributed by atoms with Crippen molar-refractivity contribution in [3.63, 3.8) is 0 Å². The highest BCUT2D eigenvalue weighted by Gasteiger charge is 2.34. The molecule has 1 N–H and O–H groups in total. The van der Waals surface area contributed by atoms with Crippen molar-refractivity contribution in [3.05, 3.63) is 125 Å². The van der Waals surface area contributed by atoms with Crippen LogP contribution in [0.1, 0.15) is 34.0 Å². The number of hydrogen-bond donors (Lipinski definition) is 1. The lowest BCUT2D eigenvalue weighted by atomic mass is 10.0. The van der Waals surface area contributed by atoms with Crippen LogP contribution >= 0.6 is 0 Å². The van der Waals surface area contributed by atoms with E-state index < -0.39 is 22.3 Å². The highest BCUT2D eigenvalue weighted by molar-refractivity contribution is 7.87. The number of benzene rings is 4. The summed E-state index contributed by atoms with van der Waals surface area (Å²) in [5.41, 5.74) is 3.27. The van der Waals surface area contributed by atoms with E-state index >= 15 is 0 Å². The lowest BCUT2D eigenvalue weighted by Gasteiger charge is -2.41. The molecule has 0 bridgehead atoms.